The average molecular weight is 475 g/mol. The smallest absolute Gasteiger partial charge is 0.267 e. The van der Waals surface area contributed by atoms with Crippen LogP contribution in [0.15, 0.2) is 77.7 Å². The lowest BCUT2D eigenvalue weighted by Gasteiger charge is -2.12. The van der Waals surface area contributed by atoms with E-state index in [4.69, 9.17) is 16.3 Å². The van der Waals surface area contributed by atoms with Crippen LogP contribution in [0, 0.1) is 19.7 Å². The molecule has 0 atom stereocenters. The first-order valence-corrected chi connectivity index (χ1v) is 11.0. The molecule has 5 rings (SSSR count). The highest BCUT2D eigenvalue weighted by Crippen LogP contribution is 2.24. The molecule has 5 aromatic rings. The molecule has 170 valence electrons. The van der Waals surface area contributed by atoms with Gasteiger partial charge in [0.15, 0.2) is 11.4 Å². The number of nitrogens with zero attached hydrogens (tertiary/aromatic N) is 4. The van der Waals surface area contributed by atoms with Crippen molar-refractivity contribution in [2.24, 2.45) is 0 Å². The fourth-order valence-electron chi connectivity index (χ4n) is 3.83. The van der Waals surface area contributed by atoms with Gasteiger partial charge in [0.25, 0.3) is 5.56 Å². The molecule has 0 aliphatic carbocycles. The summed E-state index contributed by atoms with van der Waals surface area (Å²) in [6, 6.07) is 18.8. The Labute approximate surface area is 199 Å². The molecule has 0 aliphatic heterocycles. The van der Waals surface area contributed by atoms with Crippen molar-refractivity contribution in [1.29, 1.82) is 0 Å². The number of aryl methyl sites for hydroxylation is 2. The molecule has 3 aromatic heterocycles. The van der Waals surface area contributed by atoms with Crippen LogP contribution in [0.5, 0.6) is 5.75 Å². The Morgan fingerprint density at radius 1 is 1.03 bits per heavy atom. The second-order valence-corrected chi connectivity index (χ2v) is 8.35. The van der Waals surface area contributed by atoms with E-state index in [9.17, 15) is 9.18 Å². The Bertz CT molecular complexity index is 1560. The van der Waals surface area contributed by atoms with Gasteiger partial charge in [-0.25, -0.2) is 14.1 Å². The van der Waals surface area contributed by atoms with Gasteiger partial charge in [-0.2, -0.15) is 5.10 Å². The van der Waals surface area contributed by atoms with Gasteiger partial charge in [0.1, 0.15) is 18.1 Å². The van der Waals surface area contributed by atoms with Crippen molar-refractivity contribution in [2.75, 3.05) is 0 Å². The molecular formula is C26H20ClFN4O2. The third-order valence-corrected chi connectivity index (χ3v) is 5.77. The molecular weight excluding hydrogens is 455 g/mol. The predicted molar refractivity (Wildman–Crippen MR) is 129 cm³/mol. The zero-order valence-electron chi connectivity index (χ0n) is 18.5. The summed E-state index contributed by atoms with van der Waals surface area (Å²) < 4.78 is 22.4. The summed E-state index contributed by atoms with van der Waals surface area (Å²) in [6.07, 6.45) is 1.66. The Morgan fingerprint density at radius 3 is 2.50 bits per heavy atom. The number of rotatable bonds is 5. The maximum absolute atomic E-state index is 13.5. The number of halogens is 2. The molecule has 8 heteroatoms. The van der Waals surface area contributed by atoms with Crippen LogP contribution in [-0.2, 0) is 6.61 Å². The van der Waals surface area contributed by atoms with Crippen LogP contribution in [0.3, 0.4) is 0 Å². The van der Waals surface area contributed by atoms with E-state index in [0.29, 0.717) is 45.7 Å². The molecule has 6 nitrogen and oxygen atoms in total. The van der Waals surface area contributed by atoms with Crippen molar-refractivity contribution in [3.05, 3.63) is 111 Å². The van der Waals surface area contributed by atoms with E-state index in [2.05, 4.69) is 10.1 Å². The third-order valence-electron chi connectivity index (χ3n) is 5.52. The van der Waals surface area contributed by atoms with E-state index in [1.54, 1.807) is 54.2 Å². The molecule has 0 radical (unpaired) electrons. The molecule has 0 bridgehead atoms. The fraction of sp³-hybridized carbons (Fsp3) is 0.115. The SMILES string of the molecule is Cc1nc2c(OCc3ccc(Cl)cc3)cccn2c(=O)c1-c1cc(C)n(-c2ccc(F)cc2)n1. The van der Waals surface area contributed by atoms with Crippen LogP contribution in [0.2, 0.25) is 5.02 Å². The van der Waals surface area contributed by atoms with Gasteiger partial charge in [0, 0.05) is 16.9 Å². The van der Waals surface area contributed by atoms with Crippen LogP contribution in [-0.4, -0.2) is 19.2 Å². The molecule has 0 saturated carbocycles. The Morgan fingerprint density at radius 2 is 1.76 bits per heavy atom. The Hall–Kier alpha value is -3.97. The van der Waals surface area contributed by atoms with Crippen molar-refractivity contribution < 1.29 is 9.13 Å². The molecule has 3 heterocycles. The highest BCUT2D eigenvalue weighted by Gasteiger charge is 2.18. The standard InChI is InChI=1S/C26H20ClFN4O2/c1-16-14-22(30-32(16)21-11-9-20(28)10-12-21)24-17(2)29-25-23(4-3-13-31(25)26(24)33)34-15-18-5-7-19(27)8-6-18/h3-14H,15H2,1-2H3. The van der Waals surface area contributed by atoms with Gasteiger partial charge >= 0.3 is 0 Å². The van der Waals surface area contributed by atoms with Gasteiger partial charge < -0.3 is 4.74 Å². The number of hydrogen-bond acceptors (Lipinski definition) is 4. The quantitative estimate of drug-likeness (QED) is 0.336. The maximum atomic E-state index is 13.5. The lowest BCUT2D eigenvalue weighted by Crippen LogP contribution is -2.19. The first-order chi connectivity index (χ1) is 16.4. The molecule has 34 heavy (non-hydrogen) atoms. The second kappa shape index (κ2) is 8.76. The minimum absolute atomic E-state index is 0.247. The molecule has 0 unspecified atom stereocenters. The topological polar surface area (TPSA) is 61.4 Å². The van der Waals surface area contributed by atoms with E-state index in [1.807, 2.05) is 25.1 Å². The molecule has 0 fully saturated rings. The van der Waals surface area contributed by atoms with Crippen LogP contribution in [0.1, 0.15) is 17.0 Å². The van der Waals surface area contributed by atoms with Gasteiger partial charge in [-0.15, -0.1) is 0 Å². The lowest BCUT2D eigenvalue weighted by atomic mass is 10.1. The Kier molecular flexibility index (Phi) is 5.63. The number of hydrogen-bond donors (Lipinski definition) is 0. The van der Waals surface area contributed by atoms with Crippen molar-refractivity contribution >= 4 is 17.2 Å². The summed E-state index contributed by atoms with van der Waals surface area (Å²) in [4.78, 5) is 18.1. The Balaban J connectivity index is 1.54. The van der Waals surface area contributed by atoms with Gasteiger partial charge in [0.05, 0.1) is 16.9 Å². The summed E-state index contributed by atoms with van der Waals surface area (Å²) in [6.45, 7) is 3.97. The van der Waals surface area contributed by atoms with Crippen molar-refractivity contribution in [3.8, 4) is 22.7 Å². The van der Waals surface area contributed by atoms with E-state index < -0.39 is 0 Å². The number of ether oxygens (including phenoxy) is 1. The monoisotopic (exact) mass is 474 g/mol. The van der Waals surface area contributed by atoms with Crippen LogP contribution in [0.4, 0.5) is 4.39 Å². The summed E-state index contributed by atoms with van der Waals surface area (Å²) in [7, 11) is 0. The van der Waals surface area contributed by atoms with Crippen LogP contribution < -0.4 is 10.3 Å². The molecule has 0 aliphatic rings. The first kappa shape index (κ1) is 21.9. The number of pyridine rings is 1. The van der Waals surface area contributed by atoms with E-state index in [-0.39, 0.29) is 11.4 Å². The number of benzene rings is 2. The van der Waals surface area contributed by atoms with E-state index >= 15 is 0 Å². The van der Waals surface area contributed by atoms with Gasteiger partial charge in [0.2, 0.25) is 0 Å². The van der Waals surface area contributed by atoms with Crippen molar-refractivity contribution in [1.82, 2.24) is 19.2 Å². The minimum atomic E-state index is -0.323. The van der Waals surface area contributed by atoms with Crippen LogP contribution >= 0.6 is 11.6 Å². The highest BCUT2D eigenvalue weighted by molar-refractivity contribution is 6.30. The molecule has 0 spiro atoms. The van der Waals surface area contributed by atoms with Gasteiger partial charge in [-0.3, -0.25) is 9.20 Å². The van der Waals surface area contributed by atoms with Crippen molar-refractivity contribution in [2.45, 2.75) is 20.5 Å². The van der Waals surface area contributed by atoms with Crippen LogP contribution in [0.25, 0.3) is 22.6 Å². The zero-order valence-corrected chi connectivity index (χ0v) is 19.3. The molecule has 0 saturated heterocycles. The van der Waals surface area contributed by atoms with Crippen molar-refractivity contribution in [3.63, 3.8) is 0 Å². The predicted octanol–water partition coefficient (Wildman–Crippen LogP) is 5.54. The molecule has 0 amide bonds. The summed E-state index contributed by atoms with van der Waals surface area (Å²) in [5.74, 6) is 0.174. The van der Waals surface area contributed by atoms with Gasteiger partial charge in [-0.05, 0) is 74.0 Å². The summed E-state index contributed by atoms with van der Waals surface area (Å²) >= 11 is 5.95. The molecule has 0 N–H and O–H groups in total. The first-order valence-electron chi connectivity index (χ1n) is 10.6. The average Bonchev–Trinajstić information content (AvgIpc) is 3.20. The highest BCUT2D eigenvalue weighted by atomic mass is 35.5. The number of aromatic nitrogens is 4. The zero-order chi connectivity index (χ0) is 23.8. The summed E-state index contributed by atoms with van der Waals surface area (Å²) in [5.41, 5.74) is 4.08. The van der Waals surface area contributed by atoms with E-state index in [1.165, 1.54) is 16.5 Å². The largest absolute Gasteiger partial charge is 0.485 e. The van der Waals surface area contributed by atoms with Gasteiger partial charge in [-0.1, -0.05) is 23.7 Å². The number of fused-ring (bicyclic) bond motifs is 1. The normalized spacial score (nSPS) is 11.2. The fourth-order valence-corrected chi connectivity index (χ4v) is 3.96. The second-order valence-electron chi connectivity index (χ2n) is 7.92. The summed E-state index contributed by atoms with van der Waals surface area (Å²) in [5, 5.41) is 5.27. The maximum Gasteiger partial charge on any atom is 0.267 e. The lowest BCUT2D eigenvalue weighted by molar-refractivity contribution is 0.308. The molecule has 2 aromatic carbocycles. The minimum Gasteiger partial charge on any atom is -0.485 e. The van der Waals surface area contributed by atoms with E-state index in [0.717, 1.165) is 11.3 Å². The third kappa shape index (κ3) is 4.06.